The van der Waals surface area contributed by atoms with Crippen LogP contribution in [0.15, 0.2) is 16.7 Å². The number of alkyl halides is 6. The lowest BCUT2D eigenvalue weighted by Gasteiger charge is -2.14. The van der Waals surface area contributed by atoms with Gasteiger partial charge in [-0.3, -0.25) is 0 Å². The average Bonchev–Trinajstić information content (AvgIpc) is 2.79. The Labute approximate surface area is 156 Å². The van der Waals surface area contributed by atoms with E-state index in [9.17, 15) is 0 Å². The van der Waals surface area contributed by atoms with Crippen molar-refractivity contribution in [3.8, 4) is 0 Å². The summed E-state index contributed by atoms with van der Waals surface area (Å²) in [6.45, 7) is 1.88. The number of furan rings is 1. The van der Waals surface area contributed by atoms with Crippen molar-refractivity contribution in [1.29, 1.82) is 0 Å². The van der Waals surface area contributed by atoms with Gasteiger partial charge in [-0.05, 0) is 30.7 Å². The van der Waals surface area contributed by atoms with Gasteiger partial charge in [0.05, 0.1) is 6.26 Å². The quantitative estimate of drug-likeness (QED) is 0.592. The number of aryl methyl sites for hydroxylation is 1. The van der Waals surface area contributed by atoms with Crippen LogP contribution < -0.4 is 0 Å². The summed E-state index contributed by atoms with van der Waals surface area (Å²) in [5.74, 6) is 0.494. The molecule has 0 atom stereocenters. The number of nitrogens with zero attached hydrogens (tertiary/aromatic N) is 3. The molecule has 2 aromatic heterocycles. The van der Waals surface area contributed by atoms with Crippen LogP contribution in [0.3, 0.4) is 0 Å². The lowest BCUT2D eigenvalue weighted by atomic mass is 10.2. The fraction of sp³-hybridized carbons (Fsp3) is 0.250. The third-order valence-corrected chi connectivity index (χ3v) is 3.46. The smallest absolute Gasteiger partial charge is 0.250 e. The van der Waals surface area contributed by atoms with Gasteiger partial charge in [-0.25, -0.2) is 15.0 Å². The summed E-state index contributed by atoms with van der Waals surface area (Å²) in [6.07, 6.45) is 4.74. The van der Waals surface area contributed by atoms with E-state index in [-0.39, 0.29) is 17.5 Å². The van der Waals surface area contributed by atoms with Crippen LogP contribution in [0.25, 0.3) is 12.2 Å². The molecule has 2 rings (SSSR count). The fourth-order valence-electron chi connectivity index (χ4n) is 1.43. The van der Waals surface area contributed by atoms with Gasteiger partial charge >= 0.3 is 0 Å². The highest BCUT2D eigenvalue weighted by Crippen LogP contribution is 2.39. The maximum atomic E-state index is 5.78. The number of aromatic nitrogens is 3. The summed E-state index contributed by atoms with van der Waals surface area (Å²) in [5.41, 5.74) is 0.938. The highest BCUT2D eigenvalue weighted by molar-refractivity contribution is 6.67. The molecule has 0 aromatic carbocycles. The highest BCUT2D eigenvalue weighted by atomic mass is 35.6. The highest BCUT2D eigenvalue weighted by Gasteiger charge is 2.33. The van der Waals surface area contributed by atoms with Gasteiger partial charge in [0, 0.05) is 0 Å². The van der Waals surface area contributed by atoms with Crippen molar-refractivity contribution < 1.29 is 4.42 Å². The summed E-state index contributed by atoms with van der Waals surface area (Å²) in [6, 6.07) is 1.81. The number of hydrogen-bond donors (Lipinski definition) is 0. The van der Waals surface area contributed by atoms with Crippen LogP contribution in [0.2, 0.25) is 0 Å². The minimum atomic E-state index is -1.88. The van der Waals surface area contributed by atoms with E-state index >= 15 is 0 Å². The number of hydrogen-bond acceptors (Lipinski definition) is 4. The van der Waals surface area contributed by atoms with E-state index in [0.717, 1.165) is 5.56 Å². The molecule has 0 fully saturated rings. The second-order valence-corrected chi connectivity index (χ2v) is 8.70. The van der Waals surface area contributed by atoms with Gasteiger partial charge < -0.3 is 4.42 Å². The second-order valence-electron chi connectivity index (χ2n) is 4.14. The first kappa shape index (κ1) is 18.1. The summed E-state index contributed by atoms with van der Waals surface area (Å²) >= 11 is 34.7. The molecule has 0 radical (unpaired) electrons. The van der Waals surface area contributed by atoms with Gasteiger partial charge in [0.1, 0.15) is 5.76 Å². The normalized spacial score (nSPS) is 13.0. The van der Waals surface area contributed by atoms with E-state index < -0.39 is 7.59 Å². The van der Waals surface area contributed by atoms with Gasteiger partial charge in [0.15, 0.2) is 17.5 Å². The minimum absolute atomic E-state index is 0.148. The maximum Gasteiger partial charge on any atom is 0.250 e. The van der Waals surface area contributed by atoms with Gasteiger partial charge in [0.25, 0.3) is 0 Å². The molecule has 22 heavy (non-hydrogen) atoms. The van der Waals surface area contributed by atoms with Crippen molar-refractivity contribution in [3.63, 3.8) is 0 Å². The fourth-order valence-corrected chi connectivity index (χ4v) is 1.93. The van der Waals surface area contributed by atoms with Crippen molar-refractivity contribution in [2.45, 2.75) is 14.5 Å². The van der Waals surface area contributed by atoms with Crippen molar-refractivity contribution in [3.05, 3.63) is 41.1 Å². The second kappa shape index (κ2) is 6.71. The Bertz CT molecular complexity index is 669. The molecule has 2 heterocycles. The molecule has 0 spiro atoms. The third-order valence-electron chi connectivity index (χ3n) is 2.45. The predicted octanol–water partition coefficient (Wildman–Crippen LogP) is 5.60. The van der Waals surface area contributed by atoms with Crippen LogP contribution >= 0.6 is 69.6 Å². The monoisotopic (exact) mass is 419 g/mol. The van der Waals surface area contributed by atoms with Crippen LogP contribution in [0.4, 0.5) is 0 Å². The Morgan fingerprint density at radius 1 is 0.909 bits per heavy atom. The average molecular weight is 422 g/mol. The lowest BCUT2D eigenvalue weighted by molar-refractivity contribution is 0.555. The molecular weight excluding hydrogens is 415 g/mol. The molecule has 4 nitrogen and oxygen atoms in total. The van der Waals surface area contributed by atoms with Crippen LogP contribution in [0, 0.1) is 6.92 Å². The zero-order valence-corrected chi connectivity index (χ0v) is 15.4. The van der Waals surface area contributed by atoms with E-state index in [1.807, 2.05) is 13.0 Å². The summed E-state index contributed by atoms with van der Waals surface area (Å²) in [7, 11) is 0. The zero-order chi connectivity index (χ0) is 16.5. The van der Waals surface area contributed by atoms with Crippen molar-refractivity contribution in [1.82, 2.24) is 15.0 Å². The molecule has 0 aliphatic rings. The largest absolute Gasteiger partial charge is 0.465 e. The lowest BCUT2D eigenvalue weighted by Crippen LogP contribution is -2.16. The zero-order valence-electron chi connectivity index (χ0n) is 10.8. The summed E-state index contributed by atoms with van der Waals surface area (Å²) < 4.78 is 1.51. The molecule has 0 unspecified atom stereocenters. The standard InChI is InChI=1S/C12H7Cl6N3O/c1-6-4-5-22-7(6)2-3-8-19-9(11(13,14)15)21-10(20-8)12(16,17)18/h2-5H,1H3. The van der Waals surface area contributed by atoms with Crippen molar-refractivity contribution in [2.24, 2.45) is 0 Å². The molecule has 2 aromatic rings. The van der Waals surface area contributed by atoms with E-state index in [1.54, 1.807) is 12.3 Å². The third kappa shape index (κ3) is 4.63. The Morgan fingerprint density at radius 3 is 1.86 bits per heavy atom. The van der Waals surface area contributed by atoms with E-state index in [2.05, 4.69) is 15.0 Å². The Kier molecular flexibility index (Phi) is 5.53. The Hall–Kier alpha value is -0.230. The summed E-state index contributed by atoms with van der Waals surface area (Å²) in [4.78, 5) is 11.9. The molecule has 0 amide bonds. The molecular formula is C12H7Cl6N3O. The molecule has 0 saturated carbocycles. The molecule has 118 valence electrons. The van der Waals surface area contributed by atoms with Gasteiger partial charge in [-0.1, -0.05) is 69.6 Å². The van der Waals surface area contributed by atoms with Crippen LogP contribution in [-0.2, 0) is 7.59 Å². The van der Waals surface area contributed by atoms with Crippen molar-refractivity contribution >= 4 is 81.8 Å². The molecule has 0 aliphatic heterocycles. The van der Waals surface area contributed by atoms with Gasteiger partial charge in [-0.2, -0.15) is 0 Å². The first-order valence-corrected chi connectivity index (χ1v) is 7.97. The van der Waals surface area contributed by atoms with Gasteiger partial charge in [-0.15, -0.1) is 0 Å². The van der Waals surface area contributed by atoms with E-state index in [0.29, 0.717) is 5.76 Å². The molecule has 10 heteroatoms. The van der Waals surface area contributed by atoms with E-state index in [1.165, 1.54) is 6.08 Å². The molecule has 0 saturated heterocycles. The van der Waals surface area contributed by atoms with Crippen molar-refractivity contribution in [2.75, 3.05) is 0 Å². The summed E-state index contributed by atoms with van der Waals surface area (Å²) in [5, 5.41) is 0. The van der Waals surface area contributed by atoms with Crippen LogP contribution in [0.5, 0.6) is 0 Å². The number of halogens is 6. The van der Waals surface area contributed by atoms with Crippen LogP contribution in [-0.4, -0.2) is 15.0 Å². The topological polar surface area (TPSA) is 51.8 Å². The SMILES string of the molecule is Cc1ccoc1C=Cc1nc(C(Cl)(Cl)Cl)nc(C(Cl)(Cl)Cl)n1. The molecule has 0 aliphatic carbocycles. The Balaban J connectivity index is 2.47. The first-order valence-electron chi connectivity index (χ1n) is 5.70. The molecule has 0 N–H and O–H groups in total. The van der Waals surface area contributed by atoms with Crippen LogP contribution in [0.1, 0.15) is 28.8 Å². The maximum absolute atomic E-state index is 5.78. The predicted molar refractivity (Wildman–Crippen MR) is 90.7 cm³/mol. The molecule has 0 bridgehead atoms. The number of rotatable bonds is 2. The Morgan fingerprint density at radius 2 is 1.45 bits per heavy atom. The van der Waals surface area contributed by atoms with E-state index in [4.69, 9.17) is 74.0 Å². The van der Waals surface area contributed by atoms with Gasteiger partial charge in [0.2, 0.25) is 7.59 Å². The minimum Gasteiger partial charge on any atom is -0.465 e. The first-order chi connectivity index (χ1) is 10.1.